The Kier molecular flexibility index (Phi) is 4.89. The summed E-state index contributed by atoms with van der Waals surface area (Å²) in [7, 11) is 1.56. The minimum Gasteiger partial charge on any atom is -0.359 e. The summed E-state index contributed by atoms with van der Waals surface area (Å²) in [5, 5.41) is 2.59. The highest BCUT2D eigenvalue weighted by molar-refractivity contribution is 7.11. The molecule has 114 valence electrons. The molecule has 1 fully saturated rings. The molecule has 3 amide bonds. The predicted molar refractivity (Wildman–Crippen MR) is 77.8 cm³/mol. The van der Waals surface area contributed by atoms with Gasteiger partial charge in [-0.2, -0.15) is 0 Å². The fraction of sp³-hybridized carbons (Fsp3) is 0.538. The summed E-state index contributed by atoms with van der Waals surface area (Å²) < 4.78 is 0. The van der Waals surface area contributed by atoms with Crippen LogP contribution in [-0.2, 0) is 9.59 Å². The van der Waals surface area contributed by atoms with Crippen molar-refractivity contribution >= 4 is 29.1 Å². The standard InChI is InChI=1S/C13H18N4O3S/c1-9(18)16-3-4-17(7-10(6-16)12(19)14-2)13(20)11-5-15-8-21-11/h5,8,10H,3-4,6-7H2,1-2H3,(H,14,19). The minimum absolute atomic E-state index is 0.0870. The highest BCUT2D eigenvalue weighted by Gasteiger charge is 2.31. The monoisotopic (exact) mass is 310 g/mol. The number of aromatic nitrogens is 1. The zero-order valence-electron chi connectivity index (χ0n) is 12.0. The van der Waals surface area contributed by atoms with Crippen LogP contribution in [0.3, 0.4) is 0 Å². The van der Waals surface area contributed by atoms with E-state index in [9.17, 15) is 14.4 Å². The molecule has 0 saturated carbocycles. The first-order valence-electron chi connectivity index (χ1n) is 6.67. The van der Waals surface area contributed by atoms with Gasteiger partial charge in [0, 0.05) is 40.2 Å². The van der Waals surface area contributed by atoms with Gasteiger partial charge in [0.05, 0.1) is 17.6 Å². The number of thiazole rings is 1. The summed E-state index contributed by atoms with van der Waals surface area (Å²) in [4.78, 5) is 43.6. The van der Waals surface area contributed by atoms with Crippen LogP contribution in [0.5, 0.6) is 0 Å². The van der Waals surface area contributed by atoms with Gasteiger partial charge < -0.3 is 15.1 Å². The van der Waals surface area contributed by atoms with E-state index in [1.165, 1.54) is 24.5 Å². The molecule has 2 heterocycles. The van der Waals surface area contributed by atoms with Crippen molar-refractivity contribution in [3.8, 4) is 0 Å². The molecule has 7 nitrogen and oxygen atoms in total. The molecule has 1 aliphatic heterocycles. The van der Waals surface area contributed by atoms with Gasteiger partial charge in [0.15, 0.2) is 0 Å². The molecule has 1 atom stereocenters. The average molecular weight is 310 g/mol. The van der Waals surface area contributed by atoms with Crippen LogP contribution >= 0.6 is 11.3 Å². The lowest BCUT2D eigenvalue weighted by molar-refractivity contribution is -0.130. The van der Waals surface area contributed by atoms with E-state index in [0.29, 0.717) is 31.1 Å². The third kappa shape index (κ3) is 3.57. The second kappa shape index (κ2) is 6.66. The molecule has 1 aromatic heterocycles. The Morgan fingerprint density at radius 2 is 1.95 bits per heavy atom. The molecular weight excluding hydrogens is 292 g/mol. The highest BCUT2D eigenvalue weighted by atomic mass is 32.1. The zero-order chi connectivity index (χ0) is 15.4. The maximum Gasteiger partial charge on any atom is 0.265 e. The first-order chi connectivity index (χ1) is 10.0. The van der Waals surface area contributed by atoms with Crippen LogP contribution in [0.1, 0.15) is 16.6 Å². The van der Waals surface area contributed by atoms with Crippen LogP contribution in [0.2, 0.25) is 0 Å². The third-order valence-electron chi connectivity index (χ3n) is 3.51. The van der Waals surface area contributed by atoms with E-state index < -0.39 is 5.92 Å². The number of hydrogen-bond acceptors (Lipinski definition) is 5. The Morgan fingerprint density at radius 3 is 2.52 bits per heavy atom. The van der Waals surface area contributed by atoms with Crippen molar-refractivity contribution in [2.24, 2.45) is 5.92 Å². The number of nitrogens with one attached hydrogen (secondary N) is 1. The number of carbonyl (C=O) groups excluding carboxylic acids is 3. The van der Waals surface area contributed by atoms with Gasteiger partial charge >= 0.3 is 0 Å². The number of carbonyl (C=O) groups is 3. The maximum atomic E-state index is 12.4. The maximum absolute atomic E-state index is 12.4. The summed E-state index contributed by atoms with van der Waals surface area (Å²) >= 11 is 1.27. The van der Waals surface area contributed by atoms with Gasteiger partial charge in [0.1, 0.15) is 4.88 Å². The SMILES string of the molecule is CNC(=O)C1CN(C(C)=O)CCN(C(=O)c2cncs2)C1. The molecule has 8 heteroatoms. The van der Waals surface area contributed by atoms with Gasteiger partial charge in [0.2, 0.25) is 11.8 Å². The second-order valence-corrected chi connectivity index (χ2v) is 5.78. The molecular formula is C13H18N4O3S. The predicted octanol–water partition coefficient (Wildman–Crippen LogP) is -0.190. The van der Waals surface area contributed by atoms with Gasteiger partial charge in [-0.1, -0.05) is 0 Å². The van der Waals surface area contributed by atoms with Crippen molar-refractivity contribution in [1.82, 2.24) is 20.1 Å². The van der Waals surface area contributed by atoms with Gasteiger partial charge in [-0.15, -0.1) is 11.3 Å². The summed E-state index contributed by atoms with van der Waals surface area (Å²) in [6, 6.07) is 0. The van der Waals surface area contributed by atoms with Gasteiger partial charge in [-0.05, 0) is 0 Å². The Hall–Kier alpha value is -1.96. The van der Waals surface area contributed by atoms with Crippen molar-refractivity contribution in [2.75, 3.05) is 33.2 Å². The number of rotatable bonds is 2. The van der Waals surface area contributed by atoms with E-state index in [2.05, 4.69) is 10.3 Å². The summed E-state index contributed by atoms with van der Waals surface area (Å²) in [6.45, 7) is 2.97. The molecule has 1 N–H and O–H groups in total. The van der Waals surface area contributed by atoms with Gasteiger partial charge in [-0.3, -0.25) is 19.4 Å². The summed E-state index contributed by atoms with van der Waals surface area (Å²) in [5.41, 5.74) is 1.60. The van der Waals surface area contributed by atoms with Crippen LogP contribution in [-0.4, -0.2) is 65.7 Å². The molecule has 0 radical (unpaired) electrons. The molecule has 0 aliphatic carbocycles. The molecule has 0 spiro atoms. The number of nitrogens with zero attached hydrogens (tertiary/aromatic N) is 3. The lowest BCUT2D eigenvalue weighted by Crippen LogP contribution is -2.41. The molecule has 0 bridgehead atoms. The molecule has 0 aromatic carbocycles. The molecule has 1 saturated heterocycles. The Labute approximate surface area is 126 Å². The lowest BCUT2D eigenvalue weighted by Gasteiger charge is -2.22. The number of hydrogen-bond donors (Lipinski definition) is 1. The highest BCUT2D eigenvalue weighted by Crippen LogP contribution is 2.15. The molecule has 1 unspecified atom stereocenters. The largest absolute Gasteiger partial charge is 0.359 e. The Balaban J connectivity index is 2.17. The summed E-state index contributed by atoms with van der Waals surface area (Å²) in [5.74, 6) is -0.809. The Bertz CT molecular complexity index is 532. The van der Waals surface area contributed by atoms with Crippen LogP contribution < -0.4 is 5.32 Å². The molecule has 1 aromatic rings. The first-order valence-corrected chi connectivity index (χ1v) is 7.55. The van der Waals surface area contributed by atoms with Gasteiger partial charge in [-0.25, -0.2) is 0 Å². The van der Waals surface area contributed by atoms with E-state index in [1.54, 1.807) is 22.4 Å². The van der Waals surface area contributed by atoms with Crippen LogP contribution in [0, 0.1) is 5.92 Å². The smallest absolute Gasteiger partial charge is 0.265 e. The van der Waals surface area contributed by atoms with Gasteiger partial charge in [0.25, 0.3) is 5.91 Å². The van der Waals surface area contributed by atoms with E-state index in [4.69, 9.17) is 0 Å². The third-order valence-corrected chi connectivity index (χ3v) is 4.28. The quantitative estimate of drug-likeness (QED) is 0.821. The second-order valence-electron chi connectivity index (χ2n) is 4.89. The van der Waals surface area contributed by atoms with Crippen molar-refractivity contribution < 1.29 is 14.4 Å². The van der Waals surface area contributed by atoms with E-state index in [1.807, 2.05) is 0 Å². The average Bonchev–Trinajstić information content (AvgIpc) is 2.91. The van der Waals surface area contributed by atoms with E-state index in [0.717, 1.165) is 0 Å². The number of amides is 3. The van der Waals surface area contributed by atoms with Crippen LogP contribution in [0.25, 0.3) is 0 Å². The normalized spacial score (nSPS) is 19.0. The van der Waals surface area contributed by atoms with Crippen LogP contribution in [0.4, 0.5) is 0 Å². The van der Waals surface area contributed by atoms with Crippen LogP contribution in [0.15, 0.2) is 11.7 Å². The topological polar surface area (TPSA) is 82.6 Å². The van der Waals surface area contributed by atoms with Crippen molar-refractivity contribution in [3.63, 3.8) is 0 Å². The zero-order valence-corrected chi connectivity index (χ0v) is 12.9. The summed E-state index contributed by atoms with van der Waals surface area (Å²) in [6.07, 6.45) is 1.52. The van der Waals surface area contributed by atoms with Crippen molar-refractivity contribution in [1.29, 1.82) is 0 Å². The molecule has 21 heavy (non-hydrogen) atoms. The lowest BCUT2D eigenvalue weighted by atomic mass is 10.1. The fourth-order valence-electron chi connectivity index (χ4n) is 2.33. The minimum atomic E-state index is -0.418. The van der Waals surface area contributed by atoms with E-state index >= 15 is 0 Å². The van der Waals surface area contributed by atoms with Crippen molar-refractivity contribution in [3.05, 3.63) is 16.6 Å². The fourth-order valence-corrected chi connectivity index (χ4v) is 2.92. The molecule has 1 aliphatic rings. The Morgan fingerprint density at radius 1 is 1.29 bits per heavy atom. The molecule has 2 rings (SSSR count). The van der Waals surface area contributed by atoms with E-state index in [-0.39, 0.29) is 17.7 Å². The van der Waals surface area contributed by atoms with Crippen molar-refractivity contribution in [2.45, 2.75) is 6.92 Å². The first kappa shape index (κ1) is 15.4.